The van der Waals surface area contributed by atoms with Crippen molar-refractivity contribution in [2.75, 3.05) is 17.2 Å². The smallest absolute Gasteiger partial charge is 0.255 e. The average molecular weight is 326 g/mol. The zero-order valence-electron chi connectivity index (χ0n) is 14.1. The third-order valence-corrected chi connectivity index (χ3v) is 3.34. The van der Waals surface area contributed by atoms with Gasteiger partial charge in [-0.15, -0.1) is 0 Å². The van der Waals surface area contributed by atoms with Gasteiger partial charge in [0.15, 0.2) is 0 Å². The van der Waals surface area contributed by atoms with Crippen LogP contribution in [0.5, 0.6) is 5.75 Å². The van der Waals surface area contributed by atoms with Gasteiger partial charge >= 0.3 is 0 Å². The van der Waals surface area contributed by atoms with E-state index in [-0.39, 0.29) is 17.7 Å². The van der Waals surface area contributed by atoms with Crippen LogP contribution < -0.4 is 15.4 Å². The Hall–Kier alpha value is -2.82. The molecule has 0 radical (unpaired) electrons. The Balaban J connectivity index is 2.01. The summed E-state index contributed by atoms with van der Waals surface area (Å²) in [4.78, 5) is 23.9. The number of anilines is 2. The molecular formula is C19H22N2O3. The summed E-state index contributed by atoms with van der Waals surface area (Å²) < 4.78 is 5.40. The lowest BCUT2D eigenvalue weighted by molar-refractivity contribution is -0.118. The van der Waals surface area contributed by atoms with Crippen LogP contribution in [0.3, 0.4) is 0 Å². The summed E-state index contributed by atoms with van der Waals surface area (Å²) in [6.45, 7) is 6.11. The first kappa shape index (κ1) is 17.5. The van der Waals surface area contributed by atoms with Crippen molar-refractivity contribution < 1.29 is 14.3 Å². The molecule has 2 rings (SSSR count). The van der Waals surface area contributed by atoms with Crippen molar-refractivity contribution in [2.24, 2.45) is 5.92 Å². The van der Waals surface area contributed by atoms with Crippen LogP contribution in [0.4, 0.5) is 11.4 Å². The molecule has 0 fully saturated rings. The van der Waals surface area contributed by atoms with E-state index in [0.717, 1.165) is 0 Å². The second kappa shape index (κ2) is 8.15. The van der Waals surface area contributed by atoms with Crippen molar-refractivity contribution in [1.82, 2.24) is 0 Å². The number of carbonyl (C=O) groups is 2. The number of carbonyl (C=O) groups excluding carboxylic acids is 2. The summed E-state index contributed by atoms with van der Waals surface area (Å²) in [6.07, 6.45) is 0. The van der Waals surface area contributed by atoms with E-state index in [4.69, 9.17) is 4.74 Å². The lowest BCUT2D eigenvalue weighted by Gasteiger charge is -2.10. The number of benzene rings is 2. The summed E-state index contributed by atoms with van der Waals surface area (Å²) in [7, 11) is 0. The third-order valence-electron chi connectivity index (χ3n) is 3.34. The minimum absolute atomic E-state index is 0.0421. The molecule has 5 nitrogen and oxygen atoms in total. The Morgan fingerprint density at radius 3 is 2.21 bits per heavy atom. The predicted molar refractivity (Wildman–Crippen MR) is 95.5 cm³/mol. The van der Waals surface area contributed by atoms with Crippen LogP contribution in [0.25, 0.3) is 0 Å². The number of rotatable bonds is 6. The van der Waals surface area contributed by atoms with Gasteiger partial charge < -0.3 is 15.4 Å². The van der Waals surface area contributed by atoms with Crippen LogP contribution in [0.2, 0.25) is 0 Å². The van der Waals surface area contributed by atoms with Crippen LogP contribution in [0, 0.1) is 5.92 Å². The lowest BCUT2D eigenvalue weighted by atomic mass is 10.2. The first-order valence-corrected chi connectivity index (χ1v) is 7.94. The molecule has 5 heteroatoms. The van der Waals surface area contributed by atoms with Crippen molar-refractivity contribution in [2.45, 2.75) is 20.8 Å². The number of ether oxygens (including phenoxy) is 1. The molecule has 0 aliphatic rings. The summed E-state index contributed by atoms with van der Waals surface area (Å²) in [5.41, 5.74) is 1.88. The van der Waals surface area contributed by atoms with Crippen LogP contribution in [0.1, 0.15) is 31.1 Å². The summed E-state index contributed by atoms with van der Waals surface area (Å²) in [6, 6.07) is 14.0. The topological polar surface area (TPSA) is 67.4 Å². The van der Waals surface area contributed by atoms with Gasteiger partial charge in [-0.05, 0) is 49.4 Å². The molecule has 0 atom stereocenters. The zero-order valence-corrected chi connectivity index (χ0v) is 14.1. The van der Waals surface area contributed by atoms with Gasteiger partial charge in [0.1, 0.15) is 5.75 Å². The minimum atomic E-state index is -0.212. The molecule has 2 N–H and O–H groups in total. The fraction of sp³-hybridized carbons (Fsp3) is 0.263. The van der Waals surface area contributed by atoms with E-state index >= 15 is 0 Å². The van der Waals surface area contributed by atoms with Crippen molar-refractivity contribution in [3.8, 4) is 5.75 Å². The highest BCUT2D eigenvalue weighted by atomic mass is 16.5. The maximum absolute atomic E-state index is 12.3. The molecular weight excluding hydrogens is 304 g/mol. The third kappa shape index (κ3) is 4.84. The molecule has 2 aromatic carbocycles. The van der Waals surface area contributed by atoms with Crippen molar-refractivity contribution in [3.63, 3.8) is 0 Å². The first-order chi connectivity index (χ1) is 11.5. The molecule has 24 heavy (non-hydrogen) atoms. The van der Waals surface area contributed by atoms with Crippen molar-refractivity contribution in [1.29, 1.82) is 0 Å². The fourth-order valence-corrected chi connectivity index (χ4v) is 2.02. The molecule has 0 unspecified atom stereocenters. The number of amides is 2. The Kier molecular flexibility index (Phi) is 5.95. The normalized spacial score (nSPS) is 10.3. The highest BCUT2D eigenvalue weighted by molar-refractivity contribution is 6.04. The van der Waals surface area contributed by atoms with E-state index in [1.165, 1.54) is 0 Å². The summed E-state index contributed by atoms with van der Waals surface area (Å²) >= 11 is 0. The molecule has 126 valence electrons. The van der Waals surface area contributed by atoms with E-state index in [2.05, 4.69) is 10.6 Å². The highest BCUT2D eigenvalue weighted by Gasteiger charge is 2.09. The van der Waals surface area contributed by atoms with Gasteiger partial charge in [-0.2, -0.15) is 0 Å². The first-order valence-electron chi connectivity index (χ1n) is 7.94. The van der Waals surface area contributed by atoms with Crippen LogP contribution in [-0.4, -0.2) is 18.4 Å². The van der Waals surface area contributed by atoms with Gasteiger partial charge in [0.2, 0.25) is 5.91 Å². The van der Waals surface area contributed by atoms with E-state index in [9.17, 15) is 9.59 Å². The number of nitrogens with one attached hydrogen (secondary N) is 2. The zero-order chi connectivity index (χ0) is 17.5. The van der Waals surface area contributed by atoms with Gasteiger partial charge in [0, 0.05) is 22.9 Å². The Labute approximate surface area is 142 Å². The van der Waals surface area contributed by atoms with Gasteiger partial charge in [0.25, 0.3) is 5.91 Å². The quantitative estimate of drug-likeness (QED) is 0.845. The molecule has 2 amide bonds. The molecule has 0 spiro atoms. The molecule has 0 aliphatic heterocycles. The lowest BCUT2D eigenvalue weighted by Crippen LogP contribution is -2.17. The molecule has 0 aromatic heterocycles. The Morgan fingerprint density at radius 1 is 1.00 bits per heavy atom. The van der Waals surface area contributed by atoms with E-state index in [0.29, 0.717) is 29.3 Å². The molecule has 0 heterocycles. The van der Waals surface area contributed by atoms with E-state index in [1.807, 2.05) is 26.8 Å². The highest BCUT2D eigenvalue weighted by Crippen LogP contribution is 2.17. The van der Waals surface area contributed by atoms with E-state index in [1.54, 1.807) is 42.5 Å². The Morgan fingerprint density at radius 2 is 1.62 bits per heavy atom. The maximum atomic E-state index is 12.3. The molecule has 0 saturated carbocycles. The number of hydrogen-bond donors (Lipinski definition) is 2. The van der Waals surface area contributed by atoms with Crippen LogP contribution in [0.15, 0.2) is 48.5 Å². The SMILES string of the molecule is CCOc1cccc(C(=O)Nc2ccc(NC(=O)C(C)C)cc2)c1. The Bertz CT molecular complexity index is 709. The van der Waals surface area contributed by atoms with Crippen LogP contribution >= 0.6 is 0 Å². The van der Waals surface area contributed by atoms with Crippen LogP contribution in [-0.2, 0) is 4.79 Å². The second-order valence-corrected chi connectivity index (χ2v) is 5.64. The van der Waals surface area contributed by atoms with Gasteiger partial charge in [0.05, 0.1) is 6.61 Å². The van der Waals surface area contributed by atoms with Crippen molar-refractivity contribution >= 4 is 23.2 Å². The van der Waals surface area contributed by atoms with Gasteiger partial charge in [-0.25, -0.2) is 0 Å². The van der Waals surface area contributed by atoms with Gasteiger partial charge in [-0.3, -0.25) is 9.59 Å². The molecule has 0 aliphatic carbocycles. The molecule has 0 bridgehead atoms. The van der Waals surface area contributed by atoms with Crippen molar-refractivity contribution in [3.05, 3.63) is 54.1 Å². The number of hydrogen-bond acceptors (Lipinski definition) is 3. The minimum Gasteiger partial charge on any atom is -0.494 e. The summed E-state index contributed by atoms with van der Waals surface area (Å²) in [5, 5.41) is 5.63. The fourth-order valence-electron chi connectivity index (χ4n) is 2.02. The second-order valence-electron chi connectivity index (χ2n) is 5.64. The maximum Gasteiger partial charge on any atom is 0.255 e. The van der Waals surface area contributed by atoms with Gasteiger partial charge in [-0.1, -0.05) is 19.9 Å². The summed E-state index contributed by atoms with van der Waals surface area (Å²) in [5.74, 6) is 0.328. The predicted octanol–water partition coefficient (Wildman–Crippen LogP) is 3.93. The molecule has 0 saturated heterocycles. The van der Waals surface area contributed by atoms with E-state index < -0.39 is 0 Å². The average Bonchev–Trinajstić information content (AvgIpc) is 2.57. The largest absolute Gasteiger partial charge is 0.494 e. The monoisotopic (exact) mass is 326 g/mol. The molecule has 2 aromatic rings. The standard InChI is InChI=1S/C19H22N2O3/c1-4-24-17-7-5-6-14(12-17)19(23)21-16-10-8-15(9-11-16)20-18(22)13(2)3/h5-13H,4H2,1-3H3,(H,20,22)(H,21,23).